The monoisotopic (exact) mass is 212 g/mol. The molecule has 1 aromatic rings. The zero-order valence-corrected chi connectivity index (χ0v) is 8.75. The van der Waals surface area contributed by atoms with Crippen LogP contribution in [-0.4, -0.2) is 14.7 Å². The Labute approximate surface area is 83.8 Å². The van der Waals surface area contributed by atoms with Crippen molar-refractivity contribution >= 4 is 10.1 Å². The molecule has 0 aliphatic heterocycles. The van der Waals surface area contributed by atoms with Gasteiger partial charge in [-0.3, -0.25) is 4.18 Å². The summed E-state index contributed by atoms with van der Waals surface area (Å²) >= 11 is 0. The van der Waals surface area contributed by atoms with Crippen LogP contribution >= 0.6 is 0 Å². The number of rotatable bonds is 2. The van der Waals surface area contributed by atoms with E-state index in [0.717, 1.165) is 24.7 Å². The van der Waals surface area contributed by atoms with Crippen LogP contribution in [0.15, 0.2) is 24.3 Å². The molecule has 0 aromatic heterocycles. The lowest BCUT2D eigenvalue weighted by Crippen LogP contribution is -2.07. The Morgan fingerprint density at radius 2 is 2.07 bits per heavy atom. The first-order chi connectivity index (χ1) is 6.56. The van der Waals surface area contributed by atoms with Crippen molar-refractivity contribution in [3.8, 4) is 0 Å². The van der Waals surface area contributed by atoms with Crippen LogP contribution in [0.25, 0.3) is 0 Å². The molecule has 4 heteroatoms. The minimum atomic E-state index is -3.35. The highest BCUT2D eigenvalue weighted by atomic mass is 32.2. The molecular formula is C10H12O3S. The Morgan fingerprint density at radius 1 is 1.36 bits per heavy atom. The molecular weight excluding hydrogens is 200 g/mol. The van der Waals surface area contributed by atoms with Crippen LogP contribution in [0.2, 0.25) is 0 Å². The maximum absolute atomic E-state index is 11.0. The van der Waals surface area contributed by atoms with Crippen LogP contribution in [0.5, 0.6) is 0 Å². The van der Waals surface area contributed by atoms with E-state index in [2.05, 4.69) is 0 Å². The molecule has 0 saturated carbocycles. The molecule has 14 heavy (non-hydrogen) atoms. The van der Waals surface area contributed by atoms with Gasteiger partial charge in [-0.2, -0.15) is 8.42 Å². The molecule has 1 unspecified atom stereocenters. The Kier molecular flexibility index (Phi) is 2.33. The fourth-order valence-corrected chi connectivity index (χ4v) is 2.45. The second-order valence-electron chi connectivity index (χ2n) is 3.53. The molecule has 0 heterocycles. The summed E-state index contributed by atoms with van der Waals surface area (Å²) in [7, 11) is -3.35. The van der Waals surface area contributed by atoms with Crippen LogP contribution < -0.4 is 0 Å². The molecule has 0 bridgehead atoms. The van der Waals surface area contributed by atoms with Crippen molar-refractivity contribution in [2.24, 2.45) is 0 Å². The Balaban J connectivity index is 2.27. The smallest absolute Gasteiger partial charge is 0.262 e. The fraction of sp³-hybridized carbons (Fsp3) is 0.400. The third-order valence-corrected chi connectivity index (χ3v) is 2.95. The highest BCUT2D eigenvalue weighted by Gasteiger charge is 2.25. The van der Waals surface area contributed by atoms with E-state index in [1.165, 1.54) is 5.56 Å². The van der Waals surface area contributed by atoms with E-state index in [1.54, 1.807) is 0 Å². The highest BCUT2D eigenvalue weighted by molar-refractivity contribution is 7.86. The minimum absolute atomic E-state index is 0.277. The largest absolute Gasteiger partial charge is 0.264 e. The molecule has 1 atom stereocenters. The molecule has 0 amide bonds. The molecule has 0 saturated heterocycles. The van der Waals surface area contributed by atoms with Crippen LogP contribution in [0.3, 0.4) is 0 Å². The maximum Gasteiger partial charge on any atom is 0.264 e. The van der Waals surface area contributed by atoms with Crippen molar-refractivity contribution in [2.75, 3.05) is 6.26 Å². The summed E-state index contributed by atoms with van der Waals surface area (Å²) in [5.41, 5.74) is 2.21. The fourth-order valence-electron chi connectivity index (χ4n) is 1.83. The summed E-state index contributed by atoms with van der Waals surface area (Å²) in [5.74, 6) is 0. The van der Waals surface area contributed by atoms with E-state index in [4.69, 9.17) is 4.18 Å². The average Bonchev–Trinajstić information content (AvgIpc) is 2.47. The van der Waals surface area contributed by atoms with Gasteiger partial charge in [0.25, 0.3) is 10.1 Å². The number of fused-ring (bicyclic) bond motifs is 1. The molecule has 0 radical (unpaired) electrons. The lowest BCUT2D eigenvalue weighted by molar-refractivity contribution is 0.217. The van der Waals surface area contributed by atoms with E-state index >= 15 is 0 Å². The molecule has 1 aliphatic carbocycles. The van der Waals surface area contributed by atoms with Gasteiger partial charge in [0.1, 0.15) is 6.10 Å². The van der Waals surface area contributed by atoms with Crippen molar-refractivity contribution in [1.29, 1.82) is 0 Å². The summed E-state index contributed by atoms with van der Waals surface area (Å²) in [6, 6.07) is 7.81. The molecule has 1 aliphatic rings. The van der Waals surface area contributed by atoms with Gasteiger partial charge in [0, 0.05) is 0 Å². The number of aryl methyl sites for hydroxylation is 1. The van der Waals surface area contributed by atoms with Crippen molar-refractivity contribution in [1.82, 2.24) is 0 Å². The topological polar surface area (TPSA) is 43.4 Å². The molecule has 76 valence electrons. The zero-order valence-electron chi connectivity index (χ0n) is 7.93. The van der Waals surface area contributed by atoms with Crippen LogP contribution in [0.1, 0.15) is 23.7 Å². The lowest BCUT2D eigenvalue weighted by Gasteiger charge is -2.10. The third kappa shape index (κ3) is 1.96. The van der Waals surface area contributed by atoms with E-state index in [1.807, 2.05) is 24.3 Å². The van der Waals surface area contributed by atoms with Crippen molar-refractivity contribution in [3.05, 3.63) is 35.4 Å². The Bertz CT molecular complexity index is 436. The normalized spacial score (nSPS) is 20.8. The first-order valence-electron chi connectivity index (χ1n) is 4.52. The second-order valence-corrected chi connectivity index (χ2v) is 5.13. The maximum atomic E-state index is 11.0. The van der Waals surface area contributed by atoms with Crippen molar-refractivity contribution in [2.45, 2.75) is 18.9 Å². The summed E-state index contributed by atoms with van der Waals surface area (Å²) in [6.45, 7) is 0. The number of hydrogen-bond acceptors (Lipinski definition) is 3. The van der Waals surface area contributed by atoms with Gasteiger partial charge in [0.05, 0.1) is 6.26 Å². The molecule has 0 spiro atoms. The predicted octanol–water partition coefficient (Wildman–Crippen LogP) is 1.65. The summed E-state index contributed by atoms with van der Waals surface area (Å²) < 4.78 is 26.9. The van der Waals surface area contributed by atoms with Gasteiger partial charge < -0.3 is 0 Å². The molecule has 3 nitrogen and oxygen atoms in total. The molecule has 2 rings (SSSR count). The SMILES string of the molecule is CS(=O)(=O)OC1CCc2ccccc21. The van der Waals surface area contributed by atoms with E-state index in [9.17, 15) is 8.42 Å². The summed E-state index contributed by atoms with van der Waals surface area (Å²) in [6.07, 6.45) is 2.47. The van der Waals surface area contributed by atoms with Gasteiger partial charge >= 0.3 is 0 Å². The Morgan fingerprint density at radius 3 is 2.79 bits per heavy atom. The highest BCUT2D eigenvalue weighted by Crippen LogP contribution is 2.34. The van der Waals surface area contributed by atoms with Crippen LogP contribution in [-0.2, 0) is 20.7 Å². The third-order valence-electron chi connectivity index (χ3n) is 2.37. The second kappa shape index (κ2) is 3.37. The van der Waals surface area contributed by atoms with E-state index in [-0.39, 0.29) is 6.10 Å². The number of benzene rings is 1. The minimum Gasteiger partial charge on any atom is -0.262 e. The number of hydrogen-bond donors (Lipinski definition) is 0. The average molecular weight is 212 g/mol. The Hall–Kier alpha value is -0.870. The molecule has 0 fully saturated rings. The lowest BCUT2D eigenvalue weighted by atomic mass is 10.1. The van der Waals surface area contributed by atoms with Crippen LogP contribution in [0.4, 0.5) is 0 Å². The van der Waals surface area contributed by atoms with E-state index in [0.29, 0.717) is 0 Å². The first-order valence-corrected chi connectivity index (χ1v) is 6.34. The van der Waals surface area contributed by atoms with Crippen LogP contribution in [0, 0.1) is 0 Å². The summed E-state index contributed by atoms with van der Waals surface area (Å²) in [4.78, 5) is 0. The standard InChI is InChI=1S/C10H12O3S/c1-14(11,12)13-10-7-6-8-4-2-3-5-9(8)10/h2-5,10H,6-7H2,1H3. The van der Waals surface area contributed by atoms with Gasteiger partial charge in [-0.1, -0.05) is 24.3 Å². The predicted molar refractivity (Wildman–Crippen MR) is 53.4 cm³/mol. The zero-order chi connectivity index (χ0) is 10.2. The van der Waals surface area contributed by atoms with Gasteiger partial charge in [0.15, 0.2) is 0 Å². The molecule has 1 aromatic carbocycles. The van der Waals surface area contributed by atoms with Gasteiger partial charge in [0.2, 0.25) is 0 Å². The quantitative estimate of drug-likeness (QED) is 0.700. The first kappa shape index (κ1) is 9.68. The van der Waals surface area contributed by atoms with Gasteiger partial charge in [-0.25, -0.2) is 0 Å². The van der Waals surface area contributed by atoms with E-state index < -0.39 is 10.1 Å². The van der Waals surface area contributed by atoms with Gasteiger partial charge in [-0.15, -0.1) is 0 Å². The van der Waals surface area contributed by atoms with Crippen molar-refractivity contribution < 1.29 is 12.6 Å². The van der Waals surface area contributed by atoms with Gasteiger partial charge in [-0.05, 0) is 24.0 Å². The molecule has 0 N–H and O–H groups in total. The summed E-state index contributed by atoms with van der Waals surface area (Å²) in [5, 5.41) is 0. The van der Waals surface area contributed by atoms with Crippen molar-refractivity contribution in [3.63, 3.8) is 0 Å².